The monoisotopic (exact) mass is 386 g/mol. The van der Waals surface area contributed by atoms with Crippen LogP contribution in [0.4, 0.5) is 0 Å². The molecule has 1 rings (SSSR count). The summed E-state index contributed by atoms with van der Waals surface area (Å²) in [4.78, 5) is 20.4. The second-order valence-electron chi connectivity index (χ2n) is 4.57. The largest absolute Gasteiger partial charge is 0.377 e. The fourth-order valence-electron chi connectivity index (χ4n) is 1.79. The van der Waals surface area contributed by atoms with Crippen LogP contribution in [0.2, 0.25) is 0 Å². The molecule has 0 aliphatic heterocycles. The minimum Gasteiger partial charge on any atom is -0.320 e. The Hall–Kier alpha value is -0.0800. The van der Waals surface area contributed by atoms with Gasteiger partial charge in [0.1, 0.15) is 0 Å². The first-order valence-electron chi connectivity index (χ1n) is 7.33. The van der Waals surface area contributed by atoms with E-state index in [2.05, 4.69) is 0 Å². The van der Waals surface area contributed by atoms with Crippen LogP contribution < -0.4 is 10.6 Å². The smallest absolute Gasteiger partial charge is 0.320 e. The van der Waals surface area contributed by atoms with Gasteiger partial charge in [-0.15, -0.1) is 0 Å². The number of rotatable bonds is 10. The summed E-state index contributed by atoms with van der Waals surface area (Å²) in [6, 6.07) is 0. The molecule has 0 aromatic carbocycles. The van der Waals surface area contributed by atoms with Gasteiger partial charge in [-0.1, -0.05) is 27.7 Å². The first-order valence-corrected chi connectivity index (χ1v) is 11.4. The number of nitrogens with zero attached hydrogens (tertiary/aromatic N) is 2. The van der Waals surface area contributed by atoms with Crippen molar-refractivity contribution in [1.82, 2.24) is 10.1 Å². The molecular weight excluding hydrogens is 362 g/mol. The lowest BCUT2D eigenvalue weighted by Crippen LogP contribution is -2.31. The Morgan fingerprint density at radius 3 is 1.43 bits per heavy atom. The lowest BCUT2D eigenvalue weighted by Gasteiger charge is -2.24. The Bertz CT molecular complexity index is 539. The first-order chi connectivity index (χ1) is 10.7. The van der Waals surface area contributed by atoms with Crippen LogP contribution in [0.25, 0.3) is 0 Å². The molecule has 23 heavy (non-hydrogen) atoms. The quantitative estimate of drug-likeness (QED) is 0.465. The molecule has 1 heterocycles. The van der Waals surface area contributed by atoms with Crippen LogP contribution in [-0.4, -0.2) is 46.1 Å². The van der Waals surface area contributed by atoms with Crippen LogP contribution in [-0.2, 0) is 18.4 Å². The van der Waals surface area contributed by atoms with E-state index >= 15 is 0 Å². The van der Waals surface area contributed by atoms with Crippen molar-refractivity contribution >= 4 is 37.1 Å². The lowest BCUT2D eigenvalue weighted by molar-refractivity contribution is -0.0560. The van der Waals surface area contributed by atoms with Gasteiger partial charge in [0.25, 0.3) is 0 Å². The normalized spacial score (nSPS) is 17.4. The highest BCUT2D eigenvalue weighted by molar-refractivity contribution is 7.68. The summed E-state index contributed by atoms with van der Waals surface area (Å²) in [5.41, 5.74) is 0. The standard InChI is InChI=1S/C12H24N2O6P2S/c1-5-13(6-2)19-21(15,16)11-9-23-10-12(11)22(17,18)20-14(7-3)8-4/h9-10H,5-8H2,1-4H3,(H,15,16)(H,17,18). The van der Waals surface area contributed by atoms with Gasteiger partial charge < -0.3 is 9.79 Å². The molecule has 0 saturated carbocycles. The summed E-state index contributed by atoms with van der Waals surface area (Å²) >= 11 is 1.04. The van der Waals surface area contributed by atoms with E-state index in [9.17, 15) is 18.9 Å². The maximum absolute atomic E-state index is 12.5. The van der Waals surface area contributed by atoms with Gasteiger partial charge >= 0.3 is 15.2 Å². The van der Waals surface area contributed by atoms with E-state index in [1.165, 1.54) is 20.9 Å². The molecule has 2 N–H and O–H groups in total. The summed E-state index contributed by atoms with van der Waals surface area (Å²) in [5, 5.41) is 4.91. The molecule has 0 amide bonds. The molecule has 134 valence electrons. The number of hydrogen-bond acceptors (Lipinski definition) is 7. The van der Waals surface area contributed by atoms with E-state index in [1.54, 1.807) is 27.7 Å². The molecule has 0 fully saturated rings. The van der Waals surface area contributed by atoms with E-state index in [4.69, 9.17) is 9.25 Å². The molecule has 2 unspecified atom stereocenters. The van der Waals surface area contributed by atoms with Crippen LogP contribution >= 0.6 is 26.5 Å². The van der Waals surface area contributed by atoms with Crippen molar-refractivity contribution in [1.29, 1.82) is 0 Å². The second kappa shape index (κ2) is 8.85. The van der Waals surface area contributed by atoms with Crippen LogP contribution in [0.5, 0.6) is 0 Å². The molecule has 2 atom stereocenters. The Balaban J connectivity index is 3.11. The van der Waals surface area contributed by atoms with Crippen molar-refractivity contribution in [3.63, 3.8) is 0 Å². The molecule has 1 aromatic heterocycles. The third-order valence-corrected chi connectivity index (χ3v) is 7.23. The maximum atomic E-state index is 12.5. The minimum absolute atomic E-state index is 0.201. The van der Waals surface area contributed by atoms with E-state index in [0.29, 0.717) is 26.2 Å². The van der Waals surface area contributed by atoms with E-state index in [-0.39, 0.29) is 10.6 Å². The second-order valence-corrected chi connectivity index (χ2v) is 8.69. The minimum atomic E-state index is -4.28. The Morgan fingerprint density at radius 1 is 0.870 bits per heavy atom. The van der Waals surface area contributed by atoms with Crippen LogP contribution in [0.1, 0.15) is 27.7 Å². The van der Waals surface area contributed by atoms with Crippen LogP contribution in [0.3, 0.4) is 0 Å². The van der Waals surface area contributed by atoms with Gasteiger partial charge in [-0.2, -0.15) is 21.5 Å². The fraction of sp³-hybridized carbons (Fsp3) is 0.667. The zero-order chi connectivity index (χ0) is 17.7. The number of hydrogen-bond donors (Lipinski definition) is 2. The SMILES string of the molecule is CCN(CC)OP(=O)(O)c1cscc1P(=O)(O)ON(CC)CC. The van der Waals surface area contributed by atoms with Gasteiger partial charge in [0.15, 0.2) is 0 Å². The molecule has 8 nitrogen and oxygen atoms in total. The Labute approximate surface area is 140 Å². The number of hydroxylamine groups is 4. The van der Waals surface area contributed by atoms with Crippen molar-refractivity contribution in [2.24, 2.45) is 0 Å². The average molecular weight is 386 g/mol. The Morgan fingerprint density at radius 2 is 1.17 bits per heavy atom. The van der Waals surface area contributed by atoms with Gasteiger partial charge in [0.2, 0.25) is 0 Å². The molecule has 0 aliphatic rings. The van der Waals surface area contributed by atoms with E-state index < -0.39 is 15.2 Å². The molecule has 0 spiro atoms. The first kappa shape index (κ1) is 21.0. The summed E-state index contributed by atoms with van der Waals surface area (Å²) < 4.78 is 35.2. The topological polar surface area (TPSA) is 99.5 Å². The average Bonchev–Trinajstić information content (AvgIpc) is 3.01. The third-order valence-electron chi connectivity index (χ3n) is 3.09. The van der Waals surface area contributed by atoms with Crippen molar-refractivity contribution in [3.05, 3.63) is 10.8 Å². The predicted octanol–water partition coefficient (Wildman–Crippen LogP) is 1.92. The molecule has 0 aliphatic carbocycles. The van der Waals surface area contributed by atoms with Crippen molar-refractivity contribution in [2.75, 3.05) is 26.2 Å². The predicted molar refractivity (Wildman–Crippen MR) is 91.2 cm³/mol. The van der Waals surface area contributed by atoms with Gasteiger partial charge in [-0.05, 0) is 0 Å². The lowest BCUT2D eigenvalue weighted by atomic mass is 10.6. The maximum Gasteiger partial charge on any atom is 0.377 e. The van der Waals surface area contributed by atoms with E-state index in [1.807, 2.05) is 0 Å². The van der Waals surface area contributed by atoms with Gasteiger partial charge in [-0.25, -0.2) is 9.25 Å². The Kier molecular flexibility index (Phi) is 8.07. The van der Waals surface area contributed by atoms with Crippen LogP contribution in [0.15, 0.2) is 10.8 Å². The summed E-state index contributed by atoms with van der Waals surface area (Å²) in [6.45, 7) is 8.74. The highest BCUT2D eigenvalue weighted by atomic mass is 32.1. The highest BCUT2D eigenvalue weighted by Gasteiger charge is 2.38. The van der Waals surface area contributed by atoms with Gasteiger partial charge in [0, 0.05) is 36.9 Å². The molecule has 1 aromatic rings. The third kappa shape index (κ3) is 5.46. The van der Waals surface area contributed by atoms with Gasteiger partial charge in [0.05, 0.1) is 10.6 Å². The fourth-order valence-corrected chi connectivity index (χ4v) is 6.70. The highest BCUT2D eigenvalue weighted by Crippen LogP contribution is 2.48. The summed E-state index contributed by atoms with van der Waals surface area (Å²) in [5.74, 6) is 0. The zero-order valence-electron chi connectivity index (χ0n) is 13.7. The summed E-state index contributed by atoms with van der Waals surface area (Å²) in [7, 11) is -8.55. The van der Waals surface area contributed by atoms with Crippen molar-refractivity contribution < 1.29 is 28.2 Å². The van der Waals surface area contributed by atoms with Gasteiger partial charge in [-0.3, -0.25) is 9.13 Å². The molecular formula is C12H24N2O6P2S. The summed E-state index contributed by atoms with van der Waals surface area (Å²) in [6.07, 6.45) is 0. The van der Waals surface area contributed by atoms with Crippen molar-refractivity contribution in [2.45, 2.75) is 27.7 Å². The van der Waals surface area contributed by atoms with Crippen LogP contribution in [0, 0.1) is 0 Å². The van der Waals surface area contributed by atoms with Crippen molar-refractivity contribution in [3.8, 4) is 0 Å². The molecule has 0 saturated heterocycles. The molecule has 11 heteroatoms. The molecule has 0 radical (unpaired) electrons. The van der Waals surface area contributed by atoms with E-state index in [0.717, 1.165) is 11.3 Å². The molecule has 0 bridgehead atoms. The number of thiophene rings is 1. The zero-order valence-corrected chi connectivity index (χ0v) is 16.3.